The molecule has 0 aliphatic carbocycles. The molecule has 4 heteroatoms. The second kappa shape index (κ2) is 4.18. The van der Waals surface area contributed by atoms with Gasteiger partial charge in [0.1, 0.15) is 5.82 Å². The predicted octanol–water partition coefficient (Wildman–Crippen LogP) is 3.12. The molecule has 16 heavy (non-hydrogen) atoms. The van der Waals surface area contributed by atoms with Crippen molar-refractivity contribution in [2.45, 2.75) is 20.8 Å². The molecular weight excluding hydrogens is 222 g/mol. The van der Waals surface area contributed by atoms with Crippen LogP contribution in [0.25, 0.3) is 11.4 Å². The fraction of sp³-hybridized carbons (Fsp3) is 0.250. The topological polar surface area (TPSA) is 38.7 Å². The highest BCUT2D eigenvalue weighted by molar-refractivity contribution is 6.28. The molecule has 0 aliphatic rings. The van der Waals surface area contributed by atoms with Gasteiger partial charge in [-0.05, 0) is 44.5 Å². The summed E-state index contributed by atoms with van der Waals surface area (Å²) in [5.41, 5.74) is 3.35. The van der Waals surface area contributed by atoms with E-state index >= 15 is 0 Å². The lowest BCUT2D eigenvalue weighted by atomic mass is 10.1. The van der Waals surface area contributed by atoms with E-state index in [1.807, 2.05) is 26.0 Å². The van der Waals surface area contributed by atoms with Gasteiger partial charge in [0, 0.05) is 5.56 Å². The second-order valence-corrected chi connectivity index (χ2v) is 4.19. The SMILES string of the molecule is Cc1cc(C)cc(-c2nc(C)nc(Cl)n2)c1. The number of halogens is 1. The van der Waals surface area contributed by atoms with Gasteiger partial charge in [0.15, 0.2) is 5.82 Å². The lowest BCUT2D eigenvalue weighted by molar-refractivity contribution is 0.983. The molecule has 0 spiro atoms. The molecule has 0 N–H and O–H groups in total. The van der Waals surface area contributed by atoms with E-state index in [1.54, 1.807) is 6.92 Å². The van der Waals surface area contributed by atoms with Crippen LogP contribution in [0.3, 0.4) is 0 Å². The van der Waals surface area contributed by atoms with Gasteiger partial charge in [-0.1, -0.05) is 17.2 Å². The molecule has 0 aliphatic heterocycles. The second-order valence-electron chi connectivity index (χ2n) is 3.85. The Labute approximate surface area is 99.5 Å². The maximum Gasteiger partial charge on any atom is 0.226 e. The first-order chi connectivity index (χ1) is 7.54. The molecule has 0 unspecified atom stereocenters. The van der Waals surface area contributed by atoms with Crippen LogP contribution in [0.4, 0.5) is 0 Å². The van der Waals surface area contributed by atoms with Gasteiger partial charge in [-0.15, -0.1) is 0 Å². The zero-order valence-electron chi connectivity index (χ0n) is 9.45. The third-order valence-electron chi connectivity index (χ3n) is 2.20. The van der Waals surface area contributed by atoms with Crippen molar-refractivity contribution in [3.05, 3.63) is 40.4 Å². The lowest BCUT2D eigenvalue weighted by Gasteiger charge is -2.04. The average molecular weight is 234 g/mol. The number of hydrogen-bond acceptors (Lipinski definition) is 3. The van der Waals surface area contributed by atoms with Gasteiger partial charge in [-0.25, -0.2) is 9.97 Å². The van der Waals surface area contributed by atoms with E-state index in [0.29, 0.717) is 11.6 Å². The fourth-order valence-corrected chi connectivity index (χ4v) is 1.88. The Morgan fingerprint density at radius 1 is 0.875 bits per heavy atom. The molecule has 1 heterocycles. The van der Waals surface area contributed by atoms with E-state index in [2.05, 4.69) is 21.0 Å². The molecule has 0 amide bonds. The molecule has 0 saturated heterocycles. The average Bonchev–Trinajstić information content (AvgIpc) is 2.14. The molecule has 82 valence electrons. The van der Waals surface area contributed by atoms with Gasteiger partial charge in [0.2, 0.25) is 5.28 Å². The Kier molecular flexibility index (Phi) is 2.88. The molecule has 2 rings (SSSR count). The van der Waals surface area contributed by atoms with E-state index in [4.69, 9.17) is 11.6 Å². The number of aromatic nitrogens is 3. The van der Waals surface area contributed by atoms with E-state index in [0.717, 1.165) is 5.56 Å². The van der Waals surface area contributed by atoms with Gasteiger partial charge in [0.05, 0.1) is 0 Å². The minimum atomic E-state index is 0.238. The van der Waals surface area contributed by atoms with E-state index in [9.17, 15) is 0 Å². The largest absolute Gasteiger partial charge is 0.226 e. The molecule has 3 nitrogen and oxygen atoms in total. The van der Waals surface area contributed by atoms with Crippen molar-refractivity contribution < 1.29 is 0 Å². The summed E-state index contributed by atoms with van der Waals surface area (Å²) in [5, 5.41) is 0.238. The number of nitrogens with zero attached hydrogens (tertiary/aromatic N) is 3. The highest BCUT2D eigenvalue weighted by atomic mass is 35.5. The maximum atomic E-state index is 5.82. The van der Waals surface area contributed by atoms with E-state index in [-0.39, 0.29) is 5.28 Å². The van der Waals surface area contributed by atoms with Crippen molar-refractivity contribution in [2.75, 3.05) is 0 Å². The number of aryl methyl sites for hydroxylation is 3. The van der Waals surface area contributed by atoms with Crippen LogP contribution >= 0.6 is 11.6 Å². The molecule has 0 atom stereocenters. The van der Waals surface area contributed by atoms with Crippen molar-refractivity contribution in [1.29, 1.82) is 0 Å². The van der Waals surface area contributed by atoms with Gasteiger partial charge in [-0.2, -0.15) is 4.98 Å². The highest BCUT2D eigenvalue weighted by Crippen LogP contribution is 2.19. The van der Waals surface area contributed by atoms with Crippen LogP contribution in [0.1, 0.15) is 17.0 Å². The van der Waals surface area contributed by atoms with Crippen LogP contribution in [-0.4, -0.2) is 15.0 Å². The highest BCUT2D eigenvalue weighted by Gasteiger charge is 2.05. The molecule has 0 radical (unpaired) electrons. The summed E-state index contributed by atoms with van der Waals surface area (Å²) >= 11 is 5.82. The van der Waals surface area contributed by atoms with Crippen molar-refractivity contribution in [1.82, 2.24) is 15.0 Å². The van der Waals surface area contributed by atoms with Gasteiger partial charge in [-0.3, -0.25) is 0 Å². The maximum absolute atomic E-state index is 5.82. The summed E-state index contributed by atoms with van der Waals surface area (Å²) in [6.45, 7) is 5.90. The van der Waals surface area contributed by atoms with Crippen LogP contribution < -0.4 is 0 Å². The Bertz CT molecular complexity index is 448. The smallest absolute Gasteiger partial charge is 0.213 e. The van der Waals surface area contributed by atoms with Crippen molar-refractivity contribution in [2.24, 2.45) is 0 Å². The molecule has 0 bridgehead atoms. The molecule has 0 fully saturated rings. The quantitative estimate of drug-likeness (QED) is 0.760. The summed E-state index contributed by atoms with van der Waals surface area (Å²) < 4.78 is 0. The summed E-state index contributed by atoms with van der Waals surface area (Å²) in [6, 6.07) is 6.19. The van der Waals surface area contributed by atoms with E-state index in [1.165, 1.54) is 11.1 Å². The first-order valence-corrected chi connectivity index (χ1v) is 5.39. The third kappa shape index (κ3) is 2.36. The zero-order valence-corrected chi connectivity index (χ0v) is 10.2. The van der Waals surface area contributed by atoms with Gasteiger partial charge in [0.25, 0.3) is 0 Å². The molecular formula is C12H12ClN3. The van der Waals surface area contributed by atoms with Crippen LogP contribution in [0.15, 0.2) is 18.2 Å². The summed E-state index contributed by atoms with van der Waals surface area (Å²) in [4.78, 5) is 12.4. The lowest BCUT2D eigenvalue weighted by Crippen LogP contribution is -1.96. The molecule has 0 saturated carbocycles. The predicted molar refractivity (Wildman–Crippen MR) is 64.5 cm³/mol. The summed E-state index contributed by atoms with van der Waals surface area (Å²) in [5.74, 6) is 1.26. The first kappa shape index (κ1) is 11.0. The standard InChI is InChI=1S/C12H12ClN3/c1-7-4-8(2)6-10(5-7)11-14-9(3)15-12(13)16-11/h4-6H,1-3H3. The minimum absolute atomic E-state index is 0.238. The fourth-order valence-electron chi connectivity index (χ4n) is 1.68. The third-order valence-corrected chi connectivity index (χ3v) is 2.37. The molecule has 1 aromatic heterocycles. The molecule has 2 aromatic rings. The zero-order chi connectivity index (χ0) is 11.7. The van der Waals surface area contributed by atoms with Crippen LogP contribution in [0, 0.1) is 20.8 Å². The first-order valence-electron chi connectivity index (χ1n) is 5.01. The van der Waals surface area contributed by atoms with Crippen molar-refractivity contribution in [3.63, 3.8) is 0 Å². The van der Waals surface area contributed by atoms with Gasteiger partial charge < -0.3 is 0 Å². The van der Waals surface area contributed by atoms with E-state index < -0.39 is 0 Å². The minimum Gasteiger partial charge on any atom is -0.213 e. The summed E-state index contributed by atoms with van der Waals surface area (Å²) in [7, 11) is 0. The molecule has 1 aromatic carbocycles. The normalized spacial score (nSPS) is 10.5. The number of benzene rings is 1. The van der Waals surface area contributed by atoms with Gasteiger partial charge >= 0.3 is 0 Å². The number of hydrogen-bond donors (Lipinski definition) is 0. The van der Waals surface area contributed by atoms with Crippen LogP contribution in [0.2, 0.25) is 5.28 Å². The summed E-state index contributed by atoms with van der Waals surface area (Å²) in [6.07, 6.45) is 0. The van der Waals surface area contributed by atoms with Crippen molar-refractivity contribution >= 4 is 11.6 Å². The Morgan fingerprint density at radius 2 is 1.50 bits per heavy atom. The number of rotatable bonds is 1. The monoisotopic (exact) mass is 233 g/mol. The van der Waals surface area contributed by atoms with Crippen LogP contribution in [-0.2, 0) is 0 Å². The van der Waals surface area contributed by atoms with Crippen molar-refractivity contribution in [3.8, 4) is 11.4 Å². The Morgan fingerprint density at radius 3 is 2.06 bits per heavy atom. The van der Waals surface area contributed by atoms with Crippen LogP contribution in [0.5, 0.6) is 0 Å². The Balaban J connectivity index is 2.57. The Hall–Kier alpha value is -1.48.